The van der Waals surface area contributed by atoms with Crippen molar-refractivity contribution < 1.29 is 5.11 Å². The zero-order valence-corrected chi connectivity index (χ0v) is 13.4. The lowest BCUT2D eigenvalue weighted by atomic mass is 10.0. The maximum absolute atomic E-state index is 11.2. The van der Waals surface area contributed by atoms with E-state index in [2.05, 4.69) is 19.9 Å². The van der Waals surface area contributed by atoms with Crippen molar-refractivity contribution in [2.24, 2.45) is 0 Å². The van der Waals surface area contributed by atoms with Gasteiger partial charge in [-0.3, -0.25) is 4.79 Å². The minimum atomic E-state index is -0.138. The number of aliphatic hydroxyl groups is 1. The second kappa shape index (κ2) is 6.03. The van der Waals surface area contributed by atoms with Gasteiger partial charge in [-0.1, -0.05) is 6.07 Å². The summed E-state index contributed by atoms with van der Waals surface area (Å²) in [5.74, 6) is 1.18. The molecule has 0 fully saturated rings. The van der Waals surface area contributed by atoms with E-state index < -0.39 is 0 Å². The van der Waals surface area contributed by atoms with Crippen molar-refractivity contribution in [3.05, 3.63) is 52.7 Å². The molecule has 0 amide bonds. The number of nitrogens with zero attached hydrogens (tertiary/aromatic N) is 2. The maximum Gasteiger partial charge on any atom is 0.247 e. The van der Waals surface area contributed by atoms with Crippen molar-refractivity contribution in [1.82, 2.24) is 19.9 Å². The number of aliphatic hydroxyl groups excluding tert-OH is 1. The molecule has 25 heavy (non-hydrogen) atoms. The molecular weight excluding hydrogens is 318 g/mol. The average molecular weight is 335 g/mol. The fraction of sp³-hybridized carbons (Fsp3) is 0.167. The summed E-state index contributed by atoms with van der Waals surface area (Å²) in [6.45, 7) is 0.119. The first-order valence-corrected chi connectivity index (χ1v) is 8.03. The van der Waals surface area contributed by atoms with Gasteiger partial charge in [-0.25, -0.2) is 9.97 Å². The predicted octanol–water partition coefficient (Wildman–Crippen LogP) is 1.97. The van der Waals surface area contributed by atoms with E-state index in [1.807, 2.05) is 18.2 Å². The molecule has 126 valence electrons. The minimum absolute atomic E-state index is 0.119. The summed E-state index contributed by atoms with van der Waals surface area (Å²) >= 11 is 0. The van der Waals surface area contributed by atoms with Crippen LogP contribution in [0, 0.1) is 0 Å². The van der Waals surface area contributed by atoms with Crippen LogP contribution in [0.3, 0.4) is 0 Å². The summed E-state index contributed by atoms with van der Waals surface area (Å²) in [5, 5.41) is 9.89. The van der Waals surface area contributed by atoms with Crippen LogP contribution in [0.25, 0.3) is 33.1 Å². The molecule has 0 aliphatic heterocycles. The van der Waals surface area contributed by atoms with Crippen LogP contribution in [-0.2, 0) is 6.42 Å². The number of hydrogen-bond acceptors (Lipinski definition) is 5. The molecule has 0 atom stereocenters. The molecule has 0 saturated heterocycles. The molecule has 0 bridgehead atoms. The van der Waals surface area contributed by atoms with Gasteiger partial charge >= 0.3 is 0 Å². The lowest BCUT2D eigenvalue weighted by molar-refractivity contribution is 0.287. The van der Waals surface area contributed by atoms with Gasteiger partial charge in [-0.15, -0.1) is 0 Å². The van der Waals surface area contributed by atoms with Gasteiger partial charge in [0.1, 0.15) is 22.7 Å². The number of aryl methyl sites for hydroxylation is 1. The summed E-state index contributed by atoms with van der Waals surface area (Å²) in [6.07, 6.45) is 2.97. The highest BCUT2D eigenvalue weighted by Gasteiger charge is 2.12. The minimum Gasteiger partial charge on any atom is -0.396 e. The van der Waals surface area contributed by atoms with Gasteiger partial charge in [0.05, 0.1) is 5.52 Å². The average Bonchev–Trinajstić information content (AvgIpc) is 3.05. The predicted molar refractivity (Wildman–Crippen MR) is 97.3 cm³/mol. The molecule has 7 nitrogen and oxygen atoms in total. The first-order valence-electron chi connectivity index (χ1n) is 8.03. The Morgan fingerprint density at radius 2 is 1.96 bits per heavy atom. The van der Waals surface area contributed by atoms with E-state index in [-0.39, 0.29) is 12.2 Å². The third-order valence-corrected chi connectivity index (χ3v) is 4.19. The normalized spacial score (nSPS) is 11.4. The summed E-state index contributed by atoms with van der Waals surface area (Å²) in [7, 11) is 0. The number of imidazole rings is 1. The van der Waals surface area contributed by atoms with Gasteiger partial charge in [0.15, 0.2) is 0 Å². The lowest BCUT2D eigenvalue weighted by Gasteiger charge is -2.05. The Morgan fingerprint density at radius 1 is 1.12 bits per heavy atom. The van der Waals surface area contributed by atoms with E-state index in [9.17, 15) is 4.79 Å². The van der Waals surface area contributed by atoms with Crippen LogP contribution in [0.15, 0.2) is 41.3 Å². The van der Waals surface area contributed by atoms with Gasteiger partial charge in [0.25, 0.3) is 0 Å². The molecule has 1 aromatic carbocycles. The van der Waals surface area contributed by atoms with E-state index in [4.69, 9.17) is 10.8 Å². The molecule has 7 heteroatoms. The number of pyridine rings is 2. The Morgan fingerprint density at radius 3 is 2.72 bits per heavy atom. The summed E-state index contributed by atoms with van der Waals surface area (Å²) in [4.78, 5) is 26.2. The van der Waals surface area contributed by atoms with Crippen molar-refractivity contribution >= 4 is 27.8 Å². The number of rotatable bonds is 4. The zero-order chi connectivity index (χ0) is 17.4. The molecule has 0 spiro atoms. The Kier molecular flexibility index (Phi) is 3.70. The molecule has 0 radical (unpaired) electrons. The first kappa shape index (κ1) is 15.3. The second-order valence-corrected chi connectivity index (χ2v) is 5.90. The fourth-order valence-corrected chi connectivity index (χ4v) is 2.95. The van der Waals surface area contributed by atoms with Crippen LogP contribution in [0.1, 0.15) is 12.2 Å². The summed E-state index contributed by atoms with van der Waals surface area (Å²) in [5.41, 5.74) is 10.0. The number of aromatic nitrogens is 4. The third kappa shape index (κ3) is 2.74. The number of hydrogen-bond donors (Lipinski definition) is 4. The lowest BCUT2D eigenvalue weighted by Crippen LogP contribution is -2.01. The van der Waals surface area contributed by atoms with E-state index in [1.54, 1.807) is 12.3 Å². The number of nitrogens with one attached hydrogen (secondary N) is 2. The topological polar surface area (TPSA) is 121 Å². The van der Waals surface area contributed by atoms with Crippen LogP contribution in [-0.4, -0.2) is 31.6 Å². The monoisotopic (exact) mass is 335 g/mol. The summed E-state index contributed by atoms with van der Waals surface area (Å²) < 4.78 is 0. The highest BCUT2D eigenvalue weighted by molar-refractivity contribution is 6.07. The number of H-pyrrole nitrogens is 2. The van der Waals surface area contributed by atoms with Gasteiger partial charge in [0.2, 0.25) is 5.56 Å². The van der Waals surface area contributed by atoms with Gasteiger partial charge < -0.3 is 20.8 Å². The number of nitrogens with two attached hydrogens (primary N) is 1. The molecule has 0 aliphatic carbocycles. The second-order valence-electron chi connectivity index (χ2n) is 5.90. The highest BCUT2D eigenvalue weighted by atomic mass is 16.2. The number of nitrogen functional groups attached to an aromatic ring is 1. The highest BCUT2D eigenvalue weighted by Crippen LogP contribution is 2.29. The van der Waals surface area contributed by atoms with Crippen LogP contribution in [0.2, 0.25) is 0 Å². The van der Waals surface area contributed by atoms with E-state index in [0.29, 0.717) is 18.7 Å². The first-order chi connectivity index (χ1) is 12.2. The molecule has 4 aromatic rings. The van der Waals surface area contributed by atoms with Crippen molar-refractivity contribution in [1.29, 1.82) is 0 Å². The van der Waals surface area contributed by atoms with Gasteiger partial charge in [-0.05, 0) is 35.7 Å². The third-order valence-electron chi connectivity index (χ3n) is 4.19. The zero-order valence-electron chi connectivity index (χ0n) is 13.4. The van der Waals surface area contributed by atoms with Crippen molar-refractivity contribution in [3.8, 4) is 11.1 Å². The van der Waals surface area contributed by atoms with Crippen LogP contribution in [0.5, 0.6) is 0 Å². The number of fused-ring (bicyclic) bond motifs is 3. The summed E-state index contributed by atoms with van der Waals surface area (Å²) in [6, 6.07) is 9.12. The van der Waals surface area contributed by atoms with E-state index in [0.717, 1.165) is 38.9 Å². The number of aromatic amines is 2. The van der Waals surface area contributed by atoms with Crippen LogP contribution < -0.4 is 11.3 Å². The molecule has 4 rings (SSSR count). The standard InChI is InChI=1S/C18H17N5O2/c19-18-17-16(22-14(23-17)2-1-7-24)12-5-3-10(8-13(12)21-18)11-4-6-15(25)20-9-11/h3-6,8-9,24H,1-2,7H2,(H2,19,21)(H,20,25)(H,22,23). The van der Waals surface area contributed by atoms with Crippen molar-refractivity contribution in [3.63, 3.8) is 0 Å². The molecule has 0 unspecified atom stereocenters. The van der Waals surface area contributed by atoms with E-state index >= 15 is 0 Å². The smallest absolute Gasteiger partial charge is 0.247 e. The van der Waals surface area contributed by atoms with Crippen molar-refractivity contribution in [2.75, 3.05) is 12.3 Å². The van der Waals surface area contributed by atoms with Crippen LogP contribution >= 0.6 is 0 Å². The Balaban J connectivity index is 1.86. The molecule has 0 saturated carbocycles. The maximum atomic E-state index is 11.2. The van der Waals surface area contributed by atoms with Gasteiger partial charge in [-0.2, -0.15) is 0 Å². The Labute approximate surface area is 142 Å². The molecule has 0 aliphatic rings. The number of benzene rings is 1. The SMILES string of the molecule is Nc1nc2cc(-c3ccc(=O)[nH]c3)ccc2c2nc(CCCO)[nH]c12. The molecule has 5 N–H and O–H groups in total. The fourth-order valence-electron chi connectivity index (χ4n) is 2.95. The van der Waals surface area contributed by atoms with E-state index in [1.165, 1.54) is 6.07 Å². The largest absolute Gasteiger partial charge is 0.396 e. The molecule has 3 heterocycles. The Hall–Kier alpha value is -3.19. The Bertz CT molecular complexity index is 1110. The quantitative estimate of drug-likeness (QED) is 0.454. The molecule has 3 aromatic heterocycles. The van der Waals surface area contributed by atoms with Crippen LogP contribution in [0.4, 0.5) is 5.82 Å². The number of anilines is 1. The molecular formula is C18H17N5O2. The van der Waals surface area contributed by atoms with Gasteiger partial charge in [0, 0.05) is 30.7 Å². The van der Waals surface area contributed by atoms with Crippen molar-refractivity contribution in [2.45, 2.75) is 12.8 Å².